The van der Waals surface area contributed by atoms with Crippen LogP contribution in [0.5, 0.6) is 5.75 Å². The molecule has 0 saturated carbocycles. The predicted molar refractivity (Wildman–Crippen MR) is 75.3 cm³/mol. The molecule has 1 aromatic carbocycles. The van der Waals surface area contributed by atoms with Gasteiger partial charge in [-0.2, -0.15) is 0 Å². The summed E-state index contributed by atoms with van der Waals surface area (Å²) < 4.78 is 5.19. The Kier molecular flexibility index (Phi) is 4.43. The summed E-state index contributed by atoms with van der Waals surface area (Å²) in [5, 5.41) is 3.34. The van der Waals surface area contributed by atoms with Gasteiger partial charge >= 0.3 is 0 Å². The van der Waals surface area contributed by atoms with Crippen molar-refractivity contribution in [2.45, 2.75) is 32.4 Å². The van der Waals surface area contributed by atoms with Crippen molar-refractivity contribution in [2.75, 3.05) is 20.2 Å². The number of benzene rings is 1. The Bertz CT molecular complexity index is 438. The molecule has 2 rings (SSSR count). The standard InChI is InChI=1S/C15H22N2O2/c1-11-9-16-10-12(2)17(11)15(18)8-13-5-4-6-14(7-13)19-3/h4-7,11-12,16H,8-10H2,1-3H3. The summed E-state index contributed by atoms with van der Waals surface area (Å²) in [4.78, 5) is 14.4. The number of nitrogens with zero attached hydrogens (tertiary/aromatic N) is 1. The van der Waals surface area contributed by atoms with Gasteiger partial charge in [-0.3, -0.25) is 4.79 Å². The zero-order valence-corrected chi connectivity index (χ0v) is 11.8. The van der Waals surface area contributed by atoms with Crippen LogP contribution in [0.25, 0.3) is 0 Å². The second-order valence-electron chi connectivity index (χ2n) is 5.19. The number of hydrogen-bond acceptors (Lipinski definition) is 3. The minimum absolute atomic E-state index is 0.190. The fourth-order valence-electron chi connectivity index (χ4n) is 2.67. The Hall–Kier alpha value is -1.55. The van der Waals surface area contributed by atoms with Gasteiger partial charge in [0.15, 0.2) is 0 Å². The van der Waals surface area contributed by atoms with E-state index in [2.05, 4.69) is 19.2 Å². The summed E-state index contributed by atoms with van der Waals surface area (Å²) in [6.07, 6.45) is 0.436. The predicted octanol–water partition coefficient (Wildman–Crippen LogP) is 1.45. The largest absolute Gasteiger partial charge is 0.497 e. The summed E-state index contributed by atoms with van der Waals surface area (Å²) in [6.45, 7) is 5.92. The first-order valence-corrected chi connectivity index (χ1v) is 6.76. The molecule has 1 amide bonds. The number of amides is 1. The van der Waals surface area contributed by atoms with Gasteiger partial charge in [0.2, 0.25) is 5.91 Å². The second kappa shape index (κ2) is 6.06. The molecule has 2 atom stereocenters. The maximum atomic E-state index is 12.4. The highest BCUT2D eigenvalue weighted by atomic mass is 16.5. The van der Waals surface area contributed by atoms with Crippen LogP contribution in [0.4, 0.5) is 0 Å². The number of piperazine rings is 1. The van der Waals surface area contributed by atoms with Gasteiger partial charge < -0.3 is 15.0 Å². The number of hydrogen-bond donors (Lipinski definition) is 1. The highest BCUT2D eigenvalue weighted by Crippen LogP contribution is 2.16. The third kappa shape index (κ3) is 3.26. The quantitative estimate of drug-likeness (QED) is 0.896. The van der Waals surface area contributed by atoms with E-state index in [4.69, 9.17) is 4.74 Å². The molecule has 1 saturated heterocycles. The first kappa shape index (κ1) is 13.9. The van der Waals surface area contributed by atoms with Gasteiger partial charge in [-0.05, 0) is 31.5 Å². The van der Waals surface area contributed by atoms with Gasteiger partial charge in [-0.1, -0.05) is 12.1 Å². The molecule has 0 aliphatic carbocycles. The van der Waals surface area contributed by atoms with E-state index in [-0.39, 0.29) is 18.0 Å². The molecular weight excluding hydrogens is 240 g/mol. The molecule has 1 aliphatic rings. The van der Waals surface area contributed by atoms with Crippen LogP contribution in [-0.2, 0) is 11.2 Å². The second-order valence-corrected chi connectivity index (χ2v) is 5.19. The van der Waals surface area contributed by atoms with Crippen molar-refractivity contribution < 1.29 is 9.53 Å². The number of ether oxygens (including phenoxy) is 1. The fraction of sp³-hybridized carbons (Fsp3) is 0.533. The van der Waals surface area contributed by atoms with Crippen LogP contribution in [0.15, 0.2) is 24.3 Å². The highest BCUT2D eigenvalue weighted by molar-refractivity contribution is 5.79. The SMILES string of the molecule is COc1cccc(CC(=O)N2C(C)CNCC2C)c1. The maximum absolute atomic E-state index is 12.4. The van der Waals surface area contributed by atoms with Crippen LogP contribution in [0.1, 0.15) is 19.4 Å². The van der Waals surface area contributed by atoms with Gasteiger partial charge in [0.1, 0.15) is 5.75 Å². The Balaban J connectivity index is 2.07. The van der Waals surface area contributed by atoms with E-state index in [0.29, 0.717) is 6.42 Å². The smallest absolute Gasteiger partial charge is 0.227 e. The maximum Gasteiger partial charge on any atom is 0.227 e. The number of carbonyl (C=O) groups is 1. The molecule has 1 fully saturated rings. The zero-order chi connectivity index (χ0) is 13.8. The van der Waals surface area contributed by atoms with E-state index in [1.807, 2.05) is 29.2 Å². The first-order chi connectivity index (χ1) is 9.11. The molecule has 1 heterocycles. The van der Waals surface area contributed by atoms with Gasteiger partial charge in [0.05, 0.1) is 13.5 Å². The third-order valence-corrected chi connectivity index (χ3v) is 3.61. The van der Waals surface area contributed by atoms with Crippen molar-refractivity contribution in [1.82, 2.24) is 10.2 Å². The average molecular weight is 262 g/mol. The lowest BCUT2D eigenvalue weighted by Crippen LogP contribution is -2.57. The van der Waals surface area contributed by atoms with Crippen LogP contribution in [0.3, 0.4) is 0 Å². The molecule has 104 valence electrons. The number of nitrogens with one attached hydrogen (secondary N) is 1. The summed E-state index contributed by atoms with van der Waals surface area (Å²) in [5.41, 5.74) is 1.00. The normalized spacial score (nSPS) is 23.2. The van der Waals surface area contributed by atoms with E-state index in [9.17, 15) is 4.79 Å². The van der Waals surface area contributed by atoms with Crippen molar-refractivity contribution in [3.05, 3.63) is 29.8 Å². The molecular formula is C15H22N2O2. The average Bonchev–Trinajstić information content (AvgIpc) is 2.38. The molecule has 2 unspecified atom stereocenters. The van der Waals surface area contributed by atoms with Crippen LogP contribution in [0, 0.1) is 0 Å². The van der Waals surface area contributed by atoms with Gasteiger partial charge in [-0.15, -0.1) is 0 Å². The molecule has 1 aliphatic heterocycles. The van der Waals surface area contributed by atoms with Crippen LogP contribution in [-0.4, -0.2) is 43.1 Å². The van der Waals surface area contributed by atoms with Gasteiger partial charge in [-0.25, -0.2) is 0 Å². The molecule has 0 radical (unpaired) electrons. The molecule has 4 nitrogen and oxygen atoms in total. The van der Waals surface area contributed by atoms with Crippen molar-refractivity contribution >= 4 is 5.91 Å². The van der Waals surface area contributed by atoms with Crippen molar-refractivity contribution in [2.24, 2.45) is 0 Å². The van der Waals surface area contributed by atoms with E-state index in [1.165, 1.54) is 0 Å². The van der Waals surface area contributed by atoms with Gasteiger partial charge in [0.25, 0.3) is 0 Å². The topological polar surface area (TPSA) is 41.6 Å². The lowest BCUT2D eigenvalue weighted by molar-refractivity contribution is -0.135. The van der Waals surface area contributed by atoms with Crippen molar-refractivity contribution in [1.29, 1.82) is 0 Å². The Morgan fingerprint density at radius 1 is 1.37 bits per heavy atom. The third-order valence-electron chi connectivity index (χ3n) is 3.61. The minimum Gasteiger partial charge on any atom is -0.497 e. The summed E-state index contributed by atoms with van der Waals surface area (Å²) >= 11 is 0. The molecule has 0 spiro atoms. The molecule has 1 aromatic rings. The molecule has 4 heteroatoms. The lowest BCUT2D eigenvalue weighted by atomic mass is 10.1. The van der Waals surface area contributed by atoms with Gasteiger partial charge in [0, 0.05) is 25.2 Å². The number of methoxy groups -OCH3 is 1. The minimum atomic E-state index is 0.190. The molecule has 1 N–H and O–H groups in total. The summed E-state index contributed by atoms with van der Waals surface area (Å²) in [6, 6.07) is 8.22. The van der Waals surface area contributed by atoms with Crippen LogP contribution >= 0.6 is 0 Å². The fourth-order valence-corrected chi connectivity index (χ4v) is 2.67. The van der Waals surface area contributed by atoms with Crippen molar-refractivity contribution in [3.63, 3.8) is 0 Å². The Morgan fingerprint density at radius 3 is 2.68 bits per heavy atom. The number of rotatable bonds is 3. The first-order valence-electron chi connectivity index (χ1n) is 6.76. The Labute approximate surface area is 114 Å². The van der Waals surface area contributed by atoms with E-state index >= 15 is 0 Å². The number of carbonyl (C=O) groups excluding carboxylic acids is 1. The summed E-state index contributed by atoms with van der Waals surface area (Å²) in [7, 11) is 1.64. The monoisotopic (exact) mass is 262 g/mol. The van der Waals surface area contributed by atoms with E-state index in [1.54, 1.807) is 7.11 Å². The van der Waals surface area contributed by atoms with Crippen molar-refractivity contribution in [3.8, 4) is 5.75 Å². The molecule has 0 bridgehead atoms. The van der Waals surface area contributed by atoms with Crippen LogP contribution < -0.4 is 10.1 Å². The lowest BCUT2D eigenvalue weighted by Gasteiger charge is -2.39. The Morgan fingerprint density at radius 2 is 2.05 bits per heavy atom. The van der Waals surface area contributed by atoms with E-state index in [0.717, 1.165) is 24.4 Å². The highest BCUT2D eigenvalue weighted by Gasteiger charge is 2.28. The molecule has 0 aromatic heterocycles. The zero-order valence-electron chi connectivity index (χ0n) is 11.8. The van der Waals surface area contributed by atoms with Crippen LogP contribution in [0.2, 0.25) is 0 Å². The summed E-state index contributed by atoms with van der Waals surface area (Å²) in [5.74, 6) is 0.987. The molecule has 19 heavy (non-hydrogen) atoms. The van der Waals surface area contributed by atoms with E-state index < -0.39 is 0 Å².